The van der Waals surface area contributed by atoms with Gasteiger partial charge in [0.1, 0.15) is 6.04 Å². The lowest BCUT2D eigenvalue weighted by Crippen LogP contribution is -2.47. The van der Waals surface area contributed by atoms with Gasteiger partial charge in [0.25, 0.3) is 0 Å². The Labute approximate surface area is 126 Å². The van der Waals surface area contributed by atoms with E-state index >= 15 is 0 Å². The lowest BCUT2D eigenvalue weighted by Gasteiger charge is -2.25. The molecule has 0 aromatic carbocycles. The highest BCUT2D eigenvalue weighted by Crippen LogP contribution is 2.24. The summed E-state index contributed by atoms with van der Waals surface area (Å²) in [5.74, 6) is -0.349. The first-order valence-electron chi connectivity index (χ1n) is 7.33. The SMILES string of the molecule is CCN(C)C(=O)C(C)NC(=O)C(c1ccncc1)C(C)C. The summed E-state index contributed by atoms with van der Waals surface area (Å²) in [4.78, 5) is 30.1. The van der Waals surface area contributed by atoms with E-state index in [0.29, 0.717) is 6.54 Å². The fourth-order valence-electron chi connectivity index (χ4n) is 2.26. The first kappa shape index (κ1) is 17.1. The summed E-state index contributed by atoms with van der Waals surface area (Å²) in [6, 6.07) is 3.16. The number of carbonyl (C=O) groups excluding carboxylic acids is 2. The molecule has 1 N–H and O–H groups in total. The second-order valence-corrected chi connectivity index (χ2v) is 5.58. The zero-order valence-electron chi connectivity index (χ0n) is 13.5. The maximum atomic E-state index is 12.5. The fourth-order valence-corrected chi connectivity index (χ4v) is 2.26. The third-order valence-electron chi connectivity index (χ3n) is 3.59. The van der Waals surface area contributed by atoms with Crippen LogP contribution in [0.25, 0.3) is 0 Å². The van der Waals surface area contributed by atoms with Gasteiger partial charge in [-0.05, 0) is 37.5 Å². The molecule has 5 nitrogen and oxygen atoms in total. The predicted octanol–water partition coefficient (Wildman–Crippen LogP) is 1.80. The summed E-state index contributed by atoms with van der Waals surface area (Å²) in [5.41, 5.74) is 0.918. The highest BCUT2D eigenvalue weighted by atomic mass is 16.2. The van der Waals surface area contributed by atoms with Crippen molar-refractivity contribution in [1.29, 1.82) is 0 Å². The second-order valence-electron chi connectivity index (χ2n) is 5.58. The minimum atomic E-state index is -0.523. The molecule has 1 aromatic rings. The van der Waals surface area contributed by atoms with Crippen molar-refractivity contribution < 1.29 is 9.59 Å². The average Bonchev–Trinajstić information content (AvgIpc) is 2.46. The molecule has 116 valence electrons. The smallest absolute Gasteiger partial charge is 0.244 e. The number of carbonyl (C=O) groups is 2. The maximum absolute atomic E-state index is 12.5. The Hall–Kier alpha value is -1.91. The van der Waals surface area contributed by atoms with Gasteiger partial charge in [-0.2, -0.15) is 0 Å². The summed E-state index contributed by atoms with van der Waals surface area (Å²) in [7, 11) is 1.73. The van der Waals surface area contributed by atoms with Crippen LogP contribution in [0.5, 0.6) is 0 Å². The predicted molar refractivity (Wildman–Crippen MR) is 82.7 cm³/mol. The van der Waals surface area contributed by atoms with E-state index in [4.69, 9.17) is 0 Å². The van der Waals surface area contributed by atoms with Crippen LogP contribution in [0.3, 0.4) is 0 Å². The van der Waals surface area contributed by atoms with E-state index in [-0.39, 0.29) is 23.7 Å². The number of hydrogen-bond acceptors (Lipinski definition) is 3. The molecule has 2 amide bonds. The Kier molecular flexibility index (Phi) is 6.34. The monoisotopic (exact) mass is 291 g/mol. The highest BCUT2D eigenvalue weighted by molar-refractivity contribution is 5.90. The number of amides is 2. The van der Waals surface area contributed by atoms with Crippen LogP contribution in [-0.4, -0.2) is 41.3 Å². The van der Waals surface area contributed by atoms with Gasteiger partial charge in [-0.3, -0.25) is 14.6 Å². The van der Waals surface area contributed by atoms with Gasteiger partial charge in [0.2, 0.25) is 11.8 Å². The van der Waals surface area contributed by atoms with E-state index in [2.05, 4.69) is 10.3 Å². The second kappa shape index (κ2) is 7.76. The largest absolute Gasteiger partial charge is 0.344 e. The van der Waals surface area contributed by atoms with Gasteiger partial charge in [-0.25, -0.2) is 0 Å². The van der Waals surface area contributed by atoms with Crippen molar-refractivity contribution in [3.63, 3.8) is 0 Å². The Morgan fingerprint density at radius 3 is 2.29 bits per heavy atom. The van der Waals surface area contributed by atoms with Crippen LogP contribution in [0.4, 0.5) is 0 Å². The summed E-state index contributed by atoms with van der Waals surface area (Å²) < 4.78 is 0. The summed E-state index contributed by atoms with van der Waals surface area (Å²) >= 11 is 0. The maximum Gasteiger partial charge on any atom is 0.244 e. The average molecular weight is 291 g/mol. The van der Waals surface area contributed by atoms with Gasteiger partial charge in [-0.1, -0.05) is 13.8 Å². The Balaban J connectivity index is 2.82. The molecule has 0 fully saturated rings. The quantitative estimate of drug-likeness (QED) is 0.869. The van der Waals surface area contributed by atoms with E-state index in [0.717, 1.165) is 5.56 Å². The molecule has 1 rings (SSSR count). The normalized spacial score (nSPS) is 13.6. The highest BCUT2D eigenvalue weighted by Gasteiger charge is 2.27. The van der Waals surface area contributed by atoms with Gasteiger partial charge in [-0.15, -0.1) is 0 Å². The summed E-state index contributed by atoms with van der Waals surface area (Å²) in [6.45, 7) is 8.23. The van der Waals surface area contributed by atoms with Gasteiger partial charge in [0, 0.05) is 26.0 Å². The van der Waals surface area contributed by atoms with Gasteiger partial charge >= 0.3 is 0 Å². The minimum absolute atomic E-state index is 0.0805. The third-order valence-corrected chi connectivity index (χ3v) is 3.59. The molecule has 0 saturated carbocycles. The molecule has 1 aromatic heterocycles. The topological polar surface area (TPSA) is 62.3 Å². The van der Waals surface area contributed by atoms with Crippen LogP contribution in [0.2, 0.25) is 0 Å². The number of nitrogens with one attached hydrogen (secondary N) is 1. The van der Waals surface area contributed by atoms with E-state index in [1.54, 1.807) is 31.3 Å². The Bertz CT molecular complexity index is 474. The lowest BCUT2D eigenvalue weighted by molar-refractivity contribution is -0.135. The van der Waals surface area contributed by atoms with Gasteiger partial charge < -0.3 is 10.2 Å². The first-order valence-corrected chi connectivity index (χ1v) is 7.33. The fraction of sp³-hybridized carbons (Fsp3) is 0.562. The molecule has 0 radical (unpaired) electrons. The molecule has 2 unspecified atom stereocenters. The van der Waals surface area contributed by atoms with Gasteiger partial charge in [0.15, 0.2) is 0 Å². The van der Waals surface area contributed by atoms with Crippen LogP contribution in [0.15, 0.2) is 24.5 Å². The van der Waals surface area contributed by atoms with Crippen molar-refractivity contribution in [3.05, 3.63) is 30.1 Å². The first-order chi connectivity index (χ1) is 9.88. The molecule has 0 aliphatic carbocycles. The summed E-state index contributed by atoms with van der Waals surface area (Å²) in [6.07, 6.45) is 3.36. The van der Waals surface area contributed by atoms with Crippen LogP contribution in [-0.2, 0) is 9.59 Å². The zero-order valence-corrected chi connectivity index (χ0v) is 13.5. The summed E-state index contributed by atoms with van der Waals surface area (Å²) in [5, 5.41) is 2.82. The van der Waals surface area contributed by atoms with Crippen LogP contribution >= 0.6 is 0 Å². The Morgan fingerprint density at radius 2 is 1.81 bits per heavy atom. The molecule has 0 aliphatic rings. The van der Waals surface area contributed by atoms with Gasteiger partial charge in [0.05, 0.1) is 5.92 Å². The van der Waals surface area contributed by atoms with E-state index in [1.807, 2.05) is 32.9 Å². The third kappa shape index (κ3) is 4.55. The standard InChI is InChI=1S/C16H25N3O2/c1-6-19(5)16(21)12(4)18-15(20)14(11(2)3)13-7-9-17-10-8-13/h7-12,14H,6H2,1-5H3,(H,18,20). The Morgan fingerprint density at radius 1 is 1.24 bits per heavy atom. The number of likely N-dealkylation sites (N-methyl/N-ethyl adjacent to an activating group) is 1. The number of hydrogen-bond donors (Lipinski definition) is 1. The molecule has 21 heavy (non-hydrogen) atoms. The van der Waals surface area contributed by atoms with Crippen molar-refractivity contribution in [2.75, 3.05) is 13.6 Å². The van der Waals surface area contributed by atoms with E-state index in [1.165, 1.54) is 0 Å². The van der Waals surface area contributed by atoms with E-state index in [9.17, 15) is 9.59 Å². The molecule has 0 aliphatic heterocycles. The minimum Gasteiger partial charge on any atom is -0.344 e. The molecule has 5 heteroatoms. The molecule has 2 atom stereocenters. The molecule has 0 saturated heterocycles. The molecular formula is C16H25N3O2. The van der Waals surface area contributed by atoms with Crippen molar-refractivity contribution in [2.45, 2.75) is 39.7 Å². The van der Waals surface area contributed by atoms with Crippen molar-refractivity contribution >= 4 is 11.8 Å². The van der Waals surface area contributed by atoms with Crippen molar-refractivity contribution in [2.24, 2.45) is 5.92 Å². The molecule has 0 bridgehead atoms. The lowest BCUT2D eigenvalue weighted by atomic mass is 9.88. The van der Waals surface area contributed by atoms with Crippen molar-refractivity contribution in [1.82, 2.24) is 15.2 Å². The van der Waals surface area contributed by atoms with Crippen LogP contribution < -0.4 is 5.32 Å². The molecular weight excluding hydrogens is 266 g/mol. The number of pyridine rings is 1. The number of rotatable bonds is 6. The van der Waals surface area contributed by atoms with E-state index < -0.39 is 6.04 Å². The number of nitrogens with zero attached hydrogens (tertiary/aromatic N) is 2. The molecule has 0 spiro atoms. The van der Waals surface area contributed by atoms with Crippen LogP contribution in [0, 0.1) is 5.92 Å². The number of aromatic nitrogens is 1. The molecule has 1 heterocycles. The zero-order chi connectivity index (χ0) is 16.0. The van der Waals surface area contributed by atoms with Crippen molar-refractivity contribution in [3.8, 4) is 0 Å². The van der Waals surface area contributed by atoms with Crippen LogP contribution in [0.1, 0.15) is 39.2 Å².